The number of nitrogens with one attached hydrogen (secondary N) is 1. The van der Waals surface area contributed by atoms with Crippen LogP contribution in [0.2, 0.25) is 0 Å². The Morgan fingerprint density at radius 1 is 1.12 bits per heavy atom. The molecule has 6 heteroatoms. The first kappa shape index (κ1) is 17.3. The first-order chi connectivity index (χ1) is 11.5. The molecule has 0 aromatic heterocycles. The molecule has 24 heavy (non-hydrogen) atoms. The van der Waals surface area contributed by atoms with Crippen molar-refractivity contribution in [2.45, 2.75) is 12.8 Å². The molecule has 0 aliphatic carbocycles. The zero-order valence-electron chi connectivity index (χ0n) is 13.2. The Morgan fingerprint density at radius 2 is 1.83 bits per heavy atom. The Balaban J connectivity index is 1.79. The van der Waals surface area contributed by atoms with Crippen molar-refractivity contribution in [2.24, 2.45) is 0 Å². The lowest BCUT2D eigenvalue weighted by Gasteiger charge is -2.13. The minimum atomic E-state index is -0.834. The number of rotatable bonds is 6. The van der Waals surface area contributed by atoms with Gasteiger partial charge in [0.2, 0.25) is 0 Å². The van der Waals surface area contributed by atoms with Gasteiger partial charge in [-0.2, -0.15) is 0 Å². The van der Waals surface area contributed by atoms with E-state index in [4.69, 9.17) is 4.74 Å². The van der Waals surface area contributed by atoms with Crippen molar-refractivity contribution in [3.05, 3.63) is 59.7 Å². The van der Waals surface area contributed by atoms with Gasteiger partial charge in [-0.05, 0) is 23.6 Å². The standard InChI is InChI=1S/C18H19NO5/c1-12(13-5-3-2-4-6-13)10-19-17(22)11-24-18(23)15-8-7-14(20)9-16(15)21/h2-9,12,20-21H,10-11H2,1H3,(H,19,22)/t12-/m1/s1. The first-order valence-electron chi connectivity index (χ1n) is 7.48. The molecule has 3 N–H and O–H groups in total. The van der Waals surface area contributed by atoms with E-state index in [9.17, 15) is 19.8 Å². The monoisotopic (exact) mass is 329 g/mol. The molecule has 1 atom stereocenters. The fraction of sp³-hybridized carbons (Fsp3) is 0.222. The topological polar surface area (TPSA) is 95.9 Å². The van der Waals surface area contributed by atoms with E-state index in [0.717, 1.165) is 11.6 Å². The highest BCUT2D eigenvalue weighted by Gasteiger charge is 2.15. The number of phenols is 2. The Morgan fingerprint density at radius 3 is 2.50 bits per heavy atom. The van der Waals surface area contributed by atoms with Crippen LogP contribution < -0.4 is 5.32 Å². The third kappa shape index (κ3) is 4.74. The van der Waals surface area contributed by atoms with Gasteiger partial charge in [-0.3, -0.25) is 4.79 Å². The predicted molar refractivity (Wildman–Crippen MR) is 87.9 cm³/mol. The lowest BCUT2D eigenvalue weighted by Crippen LogP contribution is -2.31. The summed E-state index contributed by atoms with van der Waals surface area (Å²) in [5.41, 5.74) is 0.988. The summed E-state index contributed by atoms with van der Waals surface area (Å²) in [5.74, 6) is -1.70. The molecule has 1 amide bonds. The van der Waals surface area contributed by atoms with Crippen LogP contribution >= 0.6 is 0 Å². The van der Waals surface area contributed by atoms with E-state index in [2.05, 4.69) is 5.32 Å². The number of phenolic OH excluding ortho intramolecular Hbond substituents is 2. The molecule has 2 aromatic rings. The van der Waals surface area contributed by atoms with Crippen LogP contribution in [0.1, 0.15) is 28.8 Å². The molecule has 0 bridgehead atoms. The molecule has 0 fully saturated rings. The van der Waals surface area contributed by atoms with Crippen molar-refractivity contribution >= 4 is 11.9 Å². The maximum atomic E-state index is 11.8. The lowest BCUT2D eigenvalue weighted by molar-refractivity contribution is -0.124. The van der Waals surface area contributed by atoms with Crippen LogP contribution in [-0.4, -0.2) is 35.2 Å². The predicted octanol–water partition coefficient (Wildman–Crippen LogP) is 2.17. The molecule has 0 unspecified atom stereocenters. The molecule has 0 spiro atoms. The van der Waals surface area contributed by atoms with Crippen molar-refractivity contribution in [1.29, 1.82) is 0 Å². The van der Waals surface area contributed by atoms with Crippen LogP contribution in [0.3, 0.4) is 0 Å². The Kier molecular flexibility index (Phi) is 5.78. The van der Waals surface area contributed by atoms with Gasteiger partial charge in [-0.25, -0.2) is 4.79 Å². The van der Waals surface area contributed by atoms with E-state index in [1.165, 1.54) is 12.1 Å². The molecule has 0 saturated heterocycles. The molecular weight excluding hydrogens is 310 g/mol. The van der Waals surface area contributed by atoms with E-state index >= 15 is 0 Å². The number of carbonyl (C=O) groups excluding carboxylic acids is 2. The second-order valence-electron chi connectivity index (χ2n) is 5.39. The highest BCUT2D eigenvalue weighted by molar-refractivity contribution is 5.94. The summed E-state index contributed by atoms with van der Waals surface area (Å²) >= 11 is 0. The molecule has 6 nitrogen and oxygen atoms in total. The summed E-state index contributed by atoms with van der Waals surface area (Å²) in [4.78, 5) is 23.6. The van der Waals surface area contributed by atoms with Gasteiger partial charge >= 0.3 is 5.97 Å². The fourth-order valence-corrected chi connectivity index (χ4v) is 2.12. The average molecular weight is 329 g/mol. The van der Waals surface area contributed by atoms with E-state index in [0.29, 0.717) is 6.54 Å². The van der Waals surface area contributed by atoms with Crippen LogP contribution in [0, 0.1) is 0 Å². The SMILES string of the molecule is C[C@H](CNC(=O)COC(=O)c1ccc(O)cc1O)c1ccccc1. The maximum absolute atomic E-state index is 11.8. The Bertz CT molecular complexity index is 715. The number of esters is 1. The molecule has 0 saturated carbocycles. The third-order valence-electron chi connectivity index (χ3n) is 3.51. The van der Waals surface area contributed by atoms with Gasteiger partial charge in [0.15, 0.2) is 6.61 Å². The van der Waals surface area contributed by atoms with Crippen molar-refractivity contribution in [3.8, 4) is 11.5 Å². The van der Waals surface area contributed by atoms with Gasteiger partial charge in [0.05, 0.1) is 0 Å². The molecule has 0 aliphatic heterocycles. The number of amides is 1. The van der Waals surface area contributed by atoms with Crippen LogP contribution in [0.4, 0.5) is 0 Å². The second kappa shape index (κ2) is 8.01. The molecule has 0 radical (unpaired) electrons. The summed E-state index contributed by atoms with van der Waals surface area (Å²) in [6.45, 7) is 1.96. The van der Waals surface area contributed by atoms with Gasteiger partial charge in [-0.1, -0.05) is 37.3 Å². The van der Waals surface area contributed by atoms with Crippen molar-refractivity contribution in [2.75, 3.05) is 13.2 Å². The van der Waals surface area contributed by atoms with Crippen LogP contribution in [0.15, 0.2) is 48.5 Å². The number of aromatic hydroxyl groups is 2. The minimum absolute atomic E-state index is 0.113. The molecule has 2 aromatic carbocycles. The van der Waals surface area contributed by atoms with E-state index in [1.54, 1.807) is 0 Å². The largest absolute Gasteiger partial charge is 0.508 e. The summed E-state index contributed by atoms with van der Waals surface area (Å²) in [6.07, 6.45) is 0. The van der Waals surface area contributed by atoms with Crippen molar-refractivity contribution < 1.29 is 24.5 Å². The number of carbonyl (C=O) groups is 2. The second-order valence-corrected chi connectivity index (χ2v) is 5.39. The molecule has 2 rings (SSSR count). The highest BCUT2D eigenvalue weighted by atomic mass is 16.5. The lowest BCUT2D eigenvalue weighted by atomic mass is 10.0. The Labute approximate surface area is 139 Å². The van der Waals surface area contributed by atoms with E-state index < -0.39 is 24.2 Å². The number of hydrogen-bond donors (Lipinski definition) is 3. The van der Waals surface area contributed by atoms with Crippen LogP contribution in [0.25, 0.3) is 0 Å². The van der Waals surface area contributed by atoms with Gasteiger partial charge in [-0.15, -0.1) is 0 Å². The van der Waals surface area contributed by atoms with Crippen molar-refractivity contribution in [1.82, 2.24) is 5.32 Å². The summed E-state index contributed by atoms with van der Waals surface area (Å²) in [7, 11) is 0. The zero-order chi connectivity index (χ0) is 17.5. The Hall–Kier alpha value is -3.02. The van der Waals surface area contributed by atoms with E-state index in [1.807, 2.05) is 37.3 Å². The van der Waals surface area contributed by atoms with Gasteiger partial charge in [0.25, 0.3) is 5.91 Å². The summed E-state index contributed by atoms with van der Waals surface area (Å²) in [6, 6.07) is 13.2. The molecule has 0 aliphatic rings. The highest BCUT2D eigenvalue weighted by Crippen LogP contribution is 2.23. The fourth-order valence-electron chi connectivity index (χ4n) is 2.12. The van der Waals surface area contributed by atoms with Gasteiger partial charge in [0.1, 0.15) is 17.1 Å². The maximum Gasteiger partial charge on any atom is 0.342 e. The molecule has 126 valence electrons. The molecule has 0 heterocycles. The van der Waals surface area contributed by atoms with Crippen LogP contribution in [-0.2, 0) is 9.53 Å². The number of benzene rings is 2. The van der Waals surface area contributed by atoms with Gasteiger partial charge < -0.3 is 20.3 Å². The minimum Gasteiger partial charge on any atom is -0.508 e. The quantitative estimate of drug-likeness (QED) is 0.706. The first-order valence-corrected chi connectivity index (χ1v) is 7.48. The third-order valence-corrected chi connectivity index (χ3v) is 3.51. The summed E-state index contributed by atoms with van der Waals surface area (Å²) < 4.78 is 4.86. The molecular formula is C18H19NO5. The summed E-state index contributed by atoms with van der Waals surface area (Å²) in [5, 5.41) is 21.4. The van der Waals surface area contributed by atoms with Crippen molar-refractivity contribution in [3.63, 3.8) is 0 Å². The van der Waals surface area contributed by atoms with Gasteiger partial charge in [0, 0.05) is 12.6 Å². The van der Waals surface area contributed by atoms with Crippen LogP contribution in [0.5, 0.6) is 11.5 Å². The number of hydrogen-bond acceptors (Lipinski definition) is 5. The van der Waals surface area contributed by atoms with E-state index in [-0.39, 0.29) is 17.2 Å². The average Bonchev–Trinajstić information content (AvgIpc) is 2.58. The smallest absolute Gasteiger partial charge is 0.342 e. The normalized spacial score (nSPS) is 11.5. The zero-order valence-corrected chi connectivity index (χ0v) is 13.2. The number of ether oxygens (including phenoxy) is 1.